The Morgan fingerprint density at radius 1 is 1.15 bits per heavy atom. The number of rotatable bonds is 4. The maximum atomic E-state index is 14.2. The van der Waals surface area contributed by atoms with E-state index in [1.807, 2.05) is 12.1 Å². The van der Waals surface area contributed by atoms with Crippen LogP contribution in [0.1, 0.15) is 36.4 Å². The molecule has 1 N–H and O–H groups in total. The lowest BCUT2D eigenvalue weighted by Gasteiger charge is -2.35. The van der Waals surface area contributed by atoms with Crippen molar-refractivity contribution in [2.75, 3.05) is 17.1 Å². The summed E-state index contributed by atoms with van der Waals surface area (Å²) in [6.07, 6.45) is 2.89. The topological polar surface area (TPSA) is 66.5 Å². The molecule has 0 spiro atoms. The predicted octanol–water partition coefficient (Wildman–Crippen LogP) is 2.88. The Labute approximate surface area is 158 Å². The molecule has 2 aromatic carbocycles. The summed E-state index contributed by atoms with van der Waals surface area (Å²) < 4.78 is 39.7. The van der Waals surface area contributed by atoms with Crippen molar-refractivity contribution < 1.29 is 17.6 Å². The van der Waals surface area contributed by atoms with E-state index < -0.39 is 15.4 Å². The first kappa shape index (κ1) is 18.0. The SMILES string of the molecule is CS(=O)(=O)N1CCC(NC(=O)C2(c3ccccc3F)CC2)c2ccccc21. The zero-order chi connectivity index (χ0) is 19.2. The Hall–Kier alpha value is -2.41. The molecule has 0 aromatic heterocycles. The number of sulfonamides is 1. The highest BCUT2D eigenvalue weighted by Gasteiger charge is 2.53. The highest BCUT2D eigenvalue weighted by Crippen LogP contribution is 2.50. The molecule has 4 rings (SSSR count). The number of para-hydroxylation sites is 1. The number of benzene rings is 2. The first-order chi connectivity index (χ1) is 12.8. The molecule has 0 radical (unpaired) electrons. The van der Waals surface area contributed by atoms with Crippen molar-refractivity contribution in [2.24, 2.45) is 0 Å². The van der Waals surface area contributed by atoms with Crippen molar-refractivity contribution in [3.63, 3.8) is 0 Å². The lowest BCUT2D eigenvalue weighted by molar-refractivity contribution is -0.124. The normalized spacial score (nSPS) is 20.7. The maximum absolute atomic E-state index is 14.2. The van der Waals surface area contributed by atoms with Crippen LogP contribution in [0.5, 0.6) is 0 Å². The number of halogens is 1. The van der Waals surface area contributed by atoms with Gasteiger partial charge in [-0.05, 0) is 37.0 Å². The molecule has 1 amide bonds. The van der Waals surface area contributed by atoms with Crippen LogP contribution in [0, 0.1) is 5.82 Å². The van der Waals surface area contributed by atoms with Crippen LogP contribution in [-0.2, 0) is 20.2 Å². The highest BCUT2D eigenvalue weighted by molar-refractivity contribution is 7.92. The summed E-state index contributed by atoms with van der Waals surface area (Å²) in [6, 6.07) is 13.3. The molecule has 2 aromatic rings. The second-order valence-corrected chi connectivity index (χ2v) is 9.18. The van der Waals surface area contributed by atoms with E-state index >= 15 is 0 Å². The first-order valence-corrected chi connectivity index (χ1v) is 10.8. The molecule has 142 valence electrons. The molecule has 1 unspecified atom stereocenters. The van der Waals surface area contributed by atoms with E-state index in [-0.39, 0.29) is 17.8 Å². The monoisotopic (exact) mass is 388 g/mol. The van der Waals surface area contributed by atoms with Crippen LogP contribution in [0.4, 0.5) is 10.1 Å². The van der Waals surface area contributed by atoms with Crippen molar-refractivity contribution in [1.82, 2.24) is 5.32 Å². The number of hydrogen-bond acceptors (Lipinski definition) is 3. The lowest BCUT2D eigenvalue weighted by Crippen LogP contribution is -2.43. The van der Waals surface area contributed by atoms with Crippen LogP contribution >= 0.6 is 0 Å². The van der Waals surface area contributed by atoms with Gasteiger partial charge in [-0.2, -0.15) is 0 Å². The van der Waals surface area contributed by atoms with Gasteiger partial charge in [-0.15, -0.1) is 0 Å². The number of hydrogen-bond donors (Lipinski definition) is 1. The van der Waals surface area contributed by atoms with Crippen LogP contribution in [0.25, 0.3) is 0 Å². The molecule has 0 bridgehead atoms. The molecule has 0 saturated heterocycles. The van der Waals surface area contributed by atoms with Crippen LogP contribution in [-0.4, -0.2) is 27.1 Å². The summed E-state index contributed by atoms with van der Waals surface area (Å²) in [5, 5.41) is 3.05. The summed E-state index contributed by atoms with van der Waals surface area (Å²) in [5.74, 6) is -0.558. The summed E-state index contributed by atoms with van der Waals surface area (Å²) in [5.41, 5.74) is 0.984. The van der Waals surface area contributed by atoms with Gasteiger partial charge in [-0.3, -0.25) is 9.10 Å². The molecule has 5 nitrogen and oxygen atoms in total. The van der Waals surface area contributed by atoms with Gasteiger partial charge in [0.15, 0.2) is 0 Å². The second kappa shape index (κ2) is 6.34. The van der Waals surface area contributed by atoms with E-state index in [1.54, 1.807) is 30.3 Å². The number of fused-ring (bicyclic) bond motifs is 1. The third-order valence-corrected chi connectivity index (χ3v) is 6.66. The zero-order valence-electron chi connectivity index (χ0n) is 15.0. The number of carbonyl (C=O) groups is 1. The Balaban J connectivity index is 1.62. The molecular formula is C20H21FN2O3S. The highest BCUT2D eigenvalue weighted by atomic mass is 32.2. The van der Waals surface area contributed by atoms with Crippen molar-refractivity contribution in [3.8, 4) is 0 Å². The Morgan fingerprint density at radius 3 is 2.48 bits per heavy atom. The number of nitrogens with zero attached hydrogens (tertiary/aromatic N) is 1. The van der Waals surface area contributed by atoms with Gasteiger partial charge in [-0.25, -0.2) is 12.8 Å². The average molecular weight is 388 g/mol. The molecule has 27 heavy (non-hydrogen) atoms. The van der Waals surface area contributed by atoms with Gasteiger partial charge >= 0.3 is 0 Å². The van der Waals surface area contributed by atoms with Gasteiger partial charge in [0.05, 0.1) is 23.4 Å². The number of anilines is 1. The molecule has 1 aliphatic heterocycles. The standard InChI is InChI=1S/C20H21FN2O3S/c1-27(25,26)23-13-10-17(14-6-2-5-9-18(14)23)22-19(24)20(11-12-20)15-7-3-4-8-16(15)21/h2-9,17H,10-13H2,1H3,(H,22,24). The fourth-order valence-corrected chi connectivity index (χ4v) is 4.88. The zero-order valence-corrected chi connectivity index (χ0v) is 15.8. The minimum Gasteiger partial charge on any atom is -0.348 e. The lowest BCUT2D eigenvalue weighted by atomic mass is 9.92. The van der Waals surface area contributed by atoms with Gasteiger partial charge in [-0.1, -0.05) is 36.4 Å². The van der Waals surface area contributed by atoms with Crippen molar-refractivity contribution in [3.05, 3.63) is 65.5 Å². The van der Waals surface area contributed by atoms with E-state index in [0.29, 0.717) is 37.1 Å². The second-order valence-electron chi connectivity index (χ2n) is 7.27. The fraction of sp³-hybridized carbons (Fsp3) is 0.350. The van der Waals surface area contributed by atoms with E-state index in [9.17, 15) is 17.6 Å². The molecule has 1 heterocycles. The van der Waals surface area contributed by atoms with Crippen LogP contribution in [0.3, 0.4) is 0 Å². The summed E-state index contributed by atoms with van der Waals surface area (Å²) >= 11 is 0. The average Bonchev–Trinajstić information content (AvgIpc) is 3.43. The summed E-state index contributed by atoms with van der Waals surface area (Å²) in [6.45, 7) is 0.299. The van der Waals surface area contributed by atoms with Gasteiger partial charge in [0.1, 0.15) is 5.82 Å². The maximum Gasteiger partial charge on any atom is 0.232 e. The predicted molar refractivity (Wildman–Crippen MR) is 101 cm³/mol. The van der Waals surface area contributed by atoms with Crippen LogP contribution in [0.15, 0.2) is 48.5 Å². The minimum atomic E-state index is -3.38. The molecule has 2 aliphatic rings. The minimum absolute atomic E-state index is 0.194. The largest absolute Gasteiger partial charge is 0.348 e. The first-order valence-electron chi connectivity index (χ1n) is 8.95. The molecular weight excluding hydrogens is 367 g/mol. The van der Waals surface area contributed by atoms with Crippen molar-refractivity contribution in [1.29, 1.82) is 0 Å². The van der Waals surface area contributed by atoms with Gasteiger partial charge in [0, 0.05) is 12.1 Å². The quantitative estimate of drug-likeness (QED) is 0.876. The van der Waals surface area contributed by atoms with Crippen molar-refractivity contribution in [2.45, 2.75) is 30.7 Å². The molecule has 1 atom stereocenters. The van der Waals surface area contributed by atoms with E-state index in [4.69, 9.17) is 0 Å². The van der Waals surface area contributed by atoms with E-state index in [1.165, 1.54) is 16.6 Å². The van der Waals surface area contributed by atoms with Gasteiger partial charge < -0.3 is 5.32 Å². The number of carbonyl (C=O) groups excluding carboxylic acids is 1. The Bertz CT molecular complexity index is 1000. The summed E-state index contributed by atoms with van der Waals surface area (Å²) in [7, 11) is -3.38. The number of amides is 1. The van der Waals surface area contributed by atoms with Gasteiger partial charge in [0.25, 0.3) is 0 Å². The third kappa shape index (κ3) is 3.10. The Kier molecular flexibility index (Phi) is 4.22. The molecule has 1 saturated carbocycles. The molecule has 1 fully saturated rings. The number of nitrogens with one attached hydrogen (secondary N) is 1. The summed E-state index contributed by atoms with van der Waals surface area (Å²) in [4.78, 5) is 13.0. The fourth-order valence-electron chi connectivity index (χ4n) is 3.92. The van der Waals surface area contributed by atoms with Crippen LogP contribution < -0.4 is 9.62 Å². The van der Waals surface area contributed by atoms with Gasteiger partial charge in [0.2, 0.25) is 15.9 Å². The smallest absolute Gasteiger partial charge is 0.232 e. The van der Waals surface area contributed by atoms with Crippen molar-refractivity contribution >= 4 is 21.6 Å². The third-order valence-electron chi connectivity index (χ3n) is 5.48. The molecule has 1 aliphatic carbocycles. The van der Waals surface area contributed by atoms with E-state index in [2.05, 4.69) is 5.32 Å². The van der Waals surface area contributed by atoms with E-state index in [0.717, 1.165) is 5.56 Å². The Morgan fingerprint density at radius 2 is 1.81 bits per heavy atom. The van der Waals surface area contributed by atoms with Crippen LogP contribution in [0.2, 0.25) is 0 Å². The molecule has 7 heteroatoms.